The Kier molecular flexibility index (Phi) is 9.18. The lowest BCUT2D eigenvalue weighted by Crippen LogP contribution is -2.09. The number of aromatic hydroxyl groups is 2. The predicted octanol–water partition coefficient (Wildman–Crippen LogP) is 0.136. The molecule has 7 nitrogen and oxygen atoms in total. The van der Waals surface area contributed by atoms with Crippen LogP contribution in [0.5, 0.6) is 11.5 Å². The second-order valence-electron chi connectivity index (χ2n) is 3.08. The van der Waals surface area contributed by atoms with Gasteiger partial charge in [0.15, 0.2) is 0 Å². The van der Waals surface area contributed by atoms with Gasteiger partial charge in [0.25, 0.3) is 10.1 Å². The van der Waals surface area contributed by atoms with E-state index in [0.29, 0.717) is 0 Å². The standard InChI is InChI=1S/C6H6O5S.C4H11N.H2O/c7-4-1-2-5(8)6(3-4)12(9,10)11;1-3-5-4-2;/h1-3,7-8H,(H,9,10,11);5H,3-4H2,1-2H3;1H2. The molecular formula is C10H19NO6S. The molecule has 0 amide bonds. The van der Waals surface area contributed by atoms with Gasteiger partial charge in [0, 0.05) is 6.07 Å². The number of phenols is 2. The fourth-order valence-corrected chi connectivity index (χ4v) is 1.56. The van der Waals surface area contributed by atoms with Gasteiger partial charge in [0.2, 0.25) is 0 Å². The first-order chi connectivity index (χ1) is 7.82. The van der Waals surface area contributed by atoms with Crippen LogP contribution in [0, 0.1) is 0 Å². The minimum atomic E-state index is -4.47. The largest absolute Gasteiger partial charge is 0.508 e. The third kappa shape index (κ3) is 7.07. The zero-order chi connectivity index (χ0) is 13.5. The molecule has 0 aliphatic rings. The predicted molar refractivity (Wildman–Crippen MR) is 67.4 cm³/mol. The molecule has 1 aromatic rings. The summed E-state index contributed by atoms with van der Waals surface area (Å²) in [7, 11) is -4.47. The highest BCUT2D eigenvalue weighted by molar-refractivity contribution is 7.86. The summed E-state index contributed by atoms with van der Waals surface area (Å²) in [5.41, 5.74) is 0. The highest BCUT2D eigenvalue weighted by Crippen LogP contribution is 2.25. The second kappa shape index (κ2) is 8.70. The summed E-state index contributed by atoms with van der Waals surface area (Å²) in [6, 6.07) is 2.83. The Bertz CT molecular complexity index is 444. The maximum atomic E-state index is 10.5. The number of hydrogen-bond acceptors (Lipinski definition) is 5. The average molecular weight is 281 g/mol. The molecule has 0 saturated heterocycles. The second-order valence-corrected chi connectivity index (χ2v) is 4.47. The van der Waals surface area contributed by atoms with Crippen LogP contribution in [-0.4, -0.2) is 41.7 Å². The molecule has 0 fully saturated rings. The van der Waals surface area contributed by atoms with E-state index < -0.39 is 20.8 Å². The van der Waals surface area contributed by atoms with Gasteiger partial charge in [-0.25, -0.2) is 0 Å². The van der Waals surface area contributed by atoms with Gasteiger partial charge in [0.1, 0.15) is 16.4 Å². The van der Waals surface area contributed by atoms with Crippen LogP contribution in [0.4, 0.5) is 0 Å². The van der Waals surface area contributed by atoms with E-state index in [4.69, 9.17) is 14.8 Å². The molecule has 0 saturated carbocycles. The Hall–Kier alpha value is -1.35. The zero-order valence-corrected chi connectivity index (χ0v) is 11.0. The van der Waals surface area contributed by atoms with E-state index >= 15 is 0 Å². The minimum absolute atomic E-state index is 0. The Morgan fingerprint density at radius 1 is 1.17 bits per heavy atom. The van der Waals surface area contributed by atoms with Gasteiger partial charge in [-0.05, 0) is 25.2 Å². The number of benzene rings is 1. The van der Waals surface area contributed by atoms with Crippen molar-refractivity contribution in [2.45, 2.75) is 18.7 Å². The maximum absolute atomic E-state index is 10.5. The molecule has 0 atom stereocenters. The summed E-state index contributed by atoms with van der Waals surface area (Å²) in [6.45, 7) is 6.39. The van der Waals surface area contributed by atoms with Crippen molar-refractivity contribution < 1.29 is 28.7 Å². The van der Waals surface area contributed by atoms with Crippen molar-refractivity contribution in [3.63, 3.8) is 0 Å². The Labute approximate surface area is 106 Å². The van der Waals surface area contributed by atoms with Crippen molar-refractivity contribution in [2.24, 2.45) is 0 Å². The molecule has 106 valence electrons. The van der Waals surface area contributed by atoms with E-state index in [1.807, 2.05) is 0 Å². The third-order valence-electron chi connectivity index (χ3n) is 1.72. The molecule has 0 heterocycles. The molecule has 0 radical (unpaired) electrons. The van der Waals surface area contributed by atoms with Crippen LogP contribution < -0.4 is 5.32 Å². The van der Waals surface area contributed by atoms with Crippen molar-refractivity contribution in [2.75, 3.05) is 13.1 Å². The molecule has 0 aromatic heterocycles. The molecule has 6 N–H and O–H groups in total. The summed E-state index contributed by atoms with van der Waals surface area (Å²) in [5, 5.41) is 20.8. The van der Waals surface area contributed by atoms with Crippen molar-refractivity contribution in [1.82, 2.24) is 5.32 Å². The molecule has 0 aliphatic carbocycles. The van der Waals surface area contributed by atoms with Crippen LogP contribution in [0.1, 0.15) is 13.8 Å². The maximum Gasteiger partial charge on any atom is 0.298 e. The molecule has 0 bridgehead atoms. The summed E-state index contributed by atoms with van der Waals surface area (Å²) < 4.78 is 29.5. The summed E-state index contributed by atoms with van der Waals surface area (Å²) in [6.07, 6.45) is 0. The topological polar surface area (TPSA) is 138 Å². The fourth-order valence-electron chi connectivity index (χ4n) is 0.959. The fraction of sp³-hybridized carbons (Fsp3) is 0.400. The van der Waals surface area contributed by atoms with Crippen LogP contribution in [-0.2, 0) is 10.1 Å². The highest BCUT2D eigenvalue weighted by atomic mass is 32.2. The summed E-state index contributed by atoms with van der Waals surface area (Å²) in [4.78, 5) is -0.706. The first kappa shape index (κ1) is 19.0. The first-order valence-corrected chi connectivity index (χ1v) is 6.47. The lowest BCUT2D eigenvalue weighted by Gasteiger charge is -2.00. The number of nitrogens with one attached hydrogen (secondary N) is 1. The van der Waals surface area contributed by atoms with Crippen molar-refractivity contribution >= 4 is 10.1 Å². The number of phenolic OH excluding ortho intramolecular Hbond substituents is 2. The molecule has 0 aliphatic heterocycles. The molecule has 18 heavy (non-hydrogen) atoms. The molecule has 1 aromatic carbocycles. The van der Waals surface area contributed by atoms with Gasteiger partial charge in [-0.15, -0.1) is 0 Å². The van der Waals surface area contributed by atoms with Gasteiger partial charge in [-0.3, -0.25) is 4.55 Å². The van der Waals surface area contributed by atoms with Crippen LogP contribution in [0.2, 0.25) is 0 Å². The average Bonchev–Trinajstić information content (AvgIpc) is 2.22. The smallest absolute Gasteiger partial charge is 0.298 e. The van der Waals surface area contributed by atoms with E-state index in [1.165, 1.54) is 0 Å². The van der Waals surface area contributed by atoms with Crippen LogP contribution in [0.3, 0.4) is 0 Å². The lowest BCUT2D eigenvalue weighted by atomic mass is 10.3. The molecule has 0 unspecified atom stereocenters. The third-order valence-corrected chi connectivity index (χ3v) is 2.60. The Morgan fingerprint density at radius 2 is 1.67 bits per heavy atom. The van der Waals surface area contributed by atoms with Gasteiger partial charge >= 0.3 is 0 Å². The van der Waals surface area contributed by atoms with E-state index in [9.17, 15) is 8.42 Å². The monoisotopic (exact) mass is 281 g/mol. The van der Waals surface area contributed by atoms with E-state index in [0.717, 1.165) is 31.3 Å². The number of hydrogen-bond donors (Lipinski definition) is 4. The Morgan fingerprint density at radius 3 is 1.94 bits per heavy atom. The van der Waals surface area contributed by atoms with Gasteiger partial charge < -0.3 is 21.0 Å². The van der Waals surface area contributed by atoms with Crippen molar-refractivity contribution in [3.8, 4) is 11.5 Å². The Balaban J connectivity index is 0. The molecular weight excluding hydrogens is 262 g/mol. The lowest BCUT2D eigenvalue weighted by molar-refractivity contribution is 0.433. The van der Waals surface area contributed by atoms with Crippen LogP contribution >= 0.6 is 0 Å². The van der Waals surface area contributed by atoms with Gasteiger partial charge in [0.05, 0.1) is 0 Å². The van der Waals surface area contributed by atoms with Crippen LogP contribution in [0.15, 0.2) is 23.1 Å². The van der Waals surface area contributed by atoms with Gasteiger partial charge in [-0.1, -0.05) is 13.8 Å². The van der Waals surface area contributed by atoms with E-state index in [-0.39, 0.29) is 11.2 Å². The first-order valence-electron chi connectivity index (χ1n) is 5.03. The van der Waals surface area contributed by atoms with Gasteiger partial charge in [-0.2, -0.15) is 8.42 Å². The van der Waals surface area contributed by atoms with E-state index in [1.54, 1.807) is 0 Å². The molecule has 1 rings (SSSR count). The van der Waals surface area contributed by atoms with Crippen molar-refractivity contribution in [3.05, 3.63) is 18.2 Å². The molecule has 0 spiro atoms. The van der Waals surface area contributed by atoms with Crippen LogP contribution in [0.25, 0.3) is 0 Å². The van der Waals surface area contributed by atoms with E-state index in [2.05, 4.69) is 19.2 Å². The SMILES string of the molecule is CCNCC.O.O=S(=O)(O)c1cc(O)ccc1O. The zero-order valence-electron chi connectivity index (χ0n) is 10.2. The summed E-state index contributed by atoms with van der Waals surface area (Å²) in [5.74, 6) is -0.948. The van der Waals surface area contributed by atoms with Crippen molar-refractivity contribution in [1.29, 1.82) is 0 Å². The molecule has 8 heteroatoms. The number of rotatable bonds is 3. The minimum Gasteiger partial charge on any atom is -0.508 e. The highest BCUT2D eigenvalue weighted by Gasteiger charge is 2.15. The summed E-state index contributed by atoms with van der Waals surface area (Å²) >= 11 is 0. The quantitative estimate of drug-likeness (QED) is 0.459. The normalized spacial score (nSPS) is 9.94.